The maximum Gasteiger partial charge on any atom is 0.234 e. The number of carbonyl (C=O) groups excluding carboxylic acids is 1. The number of halogens is 1. The lowest BCUT2D eigenvalue weighted by Crippen LogP contribution is -2.14. The molecule has 1 N–H and O–H groups in total. The zero-order chi connectivity index (χ0) is 15.2. The molecule has 2 aromatic rings. The van der Waals surface area contributed by atoms with Crippen LogP contribution in [0.2, 0.25) is 0 Å². The number of amides is 1. The molecule has 21 heavy (non-hydrogen) atoms. The van der Waals surface area contributed by atoms with Gasteiger partial charge in [0.05, 0.1) is 12.9 Å². The van der Waals surface area contributed by atoms with E-state index < -0.39 is 0 Å². The van der Waals surface area contributed by atoms with Crippen molar-refractivity contribution in [2.45, 2.75) is 11.8 Å². The average molecular weight is 305 g/mol. The number of methoxy groups -OCH3 is 1. The molecule has 0 radical (unpaired) electrons. The van der Waals surface area contributed by atoms with E-state index in [9.17, 15) is 9.18 Å². The monoisotopic (exact) mass is 305 g/mol. The molecule has 0 fully saturated rings. The summed E-state index contributed by atoms with van der Waals surface area (Å²) in [6.07, 6.45) is 0. The van der Waals surface area contributed by atoms with Crippen LogP contribution in [0.4, 0.5) is 10.1 Å². The molecule has 0 bridgehead atoms. The standard InChI is InChI=1S/C16H16FNO2S/c1-11-3-4-12(17)9-15(11)18-16(19)10-21-14-7-5-13(20-2)6-8-14/h3-9H,10H2,1-2H3,(H,18,19). The zero-order valence-corrected chi connectivity index (χ0v) is 12.7. The van der Waals surface area contributed by atoms with Crippen LogP contribution < -0.4 is 10.1 Å². The van der Waals surface area contributed by atoms with Gasteiger partial charge in [-0.1, -0.05) is 6.07 Å². The van der Waals surface area contributed by atoms with Crippen molar-refractivity contribution in [3.05, 3.63) is 53.8 Å². The van der Waals surface area contributed by atoms with E-state index in [-0.39, 0.29) is 17.5 Å². The Kier molecular flexibility index (Phi) is 5.22. The topological polar surface area (TPSA) is 38.3 Å². The van der Waals surface area contributed by atoms with E-state index in [1.54, 1.807) is 13.2 Å². The Morgan fingerprint density at radius 2 is 1.95 bits per heavy atom. The summed E-state index contributed by atoms with van der Waals surface area (Å²) >= 11 is 1.42. The van der Waals surface area contributed by atoms with Gasteiger partial charge in [-0.05, 0) is 48.9 Å². The minimum Gasteiger partial charge on any atom is -0.497 e. The summed E-state index contributed by atoms with van der Waals surface area (Å²) in [6.45, 7) is 1.83. The fraction of sp³-hybridized carbons (Fsp3) is 0.188. The van der Waals surface area contributed by atoms with E-state index in [2.05, 4.69) is 5.32 Å². The minimum atomic E-state index is -0.362. The number of hydrogen-bond donors (Lipinski definition) is 1. The number of ether oxygens (including phenoxy) is 1. The summed E-state index contributed by atoms with van der Waals surface area (Å²) < 4.78 is 18.2. The number of hydrogen-bond acceptors (Lipinski definition) is 3. The zero-order valence-electron chi connectivity index (χ0n) is 11.9. The third-order valence-electron chi connectivity index (χ3n) is 2.90. The second kappa shape index (κ2) is 7.13. The van der Waals surface area contributed by atoms with Crippen LogP contribution in [0.25, 0.3) is 0 Å². The predicted octanol–water partition coefficient (Wildman–Crippen LogP) is 3.87. The van der Waals surface area contributed by atoms with Crippen LogP contribution in [0, 0.1) is 12.7 Å². The molecule has 1 amide bonds. The lowest BCUT2D eigenvalue weighted by molar-refractivity contribution is -0.113. The molecule has 0 aliphatic carbocycles. The van der Waals surface area contributed by atoms with Crippen LogP contribution in [-0.2, 0) is 4.79 Å². The molecule has 0 spiro atoms. The van der Waals surface area contributed by atoms with Gasteiger partial charge in [-0.25, -0.2) is 4.39 Å². The quantitative estimate of drug-likeness (QED) is 0.852. The molecular weight excluding hydrogens is 289 g/mol. The average Bonchev–Trinajstić information content (AvgIpc) is 2.49. The number of anilines is 1. The van der Waals surface area contributed by atoms with Gasteiger partial charge in [0.25, 0.3) is 0 Å². The molecule has 5 heteroatoms. The molecule has 0 atom stereocenters. The minimum absolute atomic E-state index is 0.162. The maximum absolute atomic E-state index is 13.2. The fourth-order valence-corrected chi connectivity index (χ4v) is 2.43. The Morgan fingerprint density at radius 3 is 2.62 bits per heavy atom. The molecule has 0 aromatic heterocycles. The normalized spacial score (nSPS) is 10.2. The van der Waals surface area contributed by atoms with E-state index in [1.165, 1.54) is 23.9 Å². The van der Waals surface area contributed by atoms with Crippen LogP contribution in [0.5, 0.6) is 5.75 Å². The summed E-state index contributed by atoms with van der Waals surface area (Å²) in [7, 11) is 1.61. The van der Waals surface area contributed by atoms with Crippen molar-refractivity contribution < 1.29 is 13.9 Å². The lowest BCUT2D eigenvalue weighted by Gasteiger charge is -2.08. The Labute approximate surface area is 127 Å². The second-order valence-electron chi connectivity index (χ2n) is 4.47. The first-order valence-electron chi connectivity index (χ1n) is 6.41. The summed E-state index contributed by atoms with van der Waals surface area (Å²) in [4.78, 5) is 12.9. The molecule has 0 saturated carbocycles. The molecule has 0 unspecified atom stereocenters. The fourth-order valence-electron chi connectivity index (χ4n) is 1.74. The summed E-state index contributed by atoms with van der Waals surface area (Å²) in [5.74, 6) is 0.518. The Bertz CT molecular complexity index is 629. The van der Waals surface area contributed by atoms with Crippen molar-refractivity contribution in [1.29, 1.82) is 0 Å². The van der Waals surface area contributed by atoms with Crippen molar-refractivity contribution in [2.24, 2.45) is 0 Å². The highest BCUT2D eigenvalue weighted by molar-refractivity contribution is 8.00. The van der Waals surface area contributed by atoms with Crippen molar-refractivity contribution in [3.63, 3.8) is 0 Å². The number of benzene rings is 2. The highest BCUT2D eigenvalue weighted by Crippen LogP contribution is 2.22. The second-order valence-corrected chi connectivity index (χ2v) is 5.52. The smallest absolute Gasteiger partial charge is 0.234 e. The van der Waals surface area contributed by atoms with Gasteiger partial charge in [-0.2, -0.15) is 0 Å². The van der Waals surface area contributed by atoms with E-state index in [1.807, 2.05) is 31.2 Å². The summed E-state index contributed by atoms with van der Waals surface area (Å²) in [6, 6.07) is 11.8. The highest BCUT2D eigenvalue weighted by Gasteiger charge is 2.07. The summed E-state index contributed by atoms with van der Waals surface area (Å²) in [5.41, 5.74) is 1.34. The maximum atomic E-state index is 13.2. The van der Waals surface area contributed by atoms with E-state index in [0.29, 0.717) is 5.69 Å². The van der Waals surface area contributed by atoms with Gasteiger partial charge >= 0.3 is 0 Å². The van der Waals surface area contributed by atoms with Gasteiger partial charge in [-0.3, -0.25) is 4.79 Å². The number of nitrogens with one attached hydrogen (secondary N) is 1. The molecule has 0 aliphatic heterocycles. The molecular formula is C16H16FNO2S. The molecule has 0 heterocycles. The van der Waals surface area contributed by atoms with Crippen molar-refractivity contribution in [1.82, 2.24) is 0 Å². The molecule has 0 aliphatic rings. The van der Waals surface area contributed by atoms with Gasteiger partial charge in [0.1, 0.15) is 11.6 Å². The third kappa shape index (κ3) is 4.49. The Morgan fingerprint density at radius 1 is 1.24 bits per heavy atom. The third-order valence-corrected chi connectivity index (χ3v) is 3.92. The van der Waals surface area contributed by atoms with E-state index >= 15 is 0 Å². The van der Waals surface area contributed by atoms with Gasteiger partial charge in [0.2, 0.25) is 5.91 Å². The van der Waals surface area contributed by atoms with Crippen LogP contribution in [0.1, 0.15) is 5.56 Å². The Balaban J connectivity index is 1.91. The van der Waals surface area contributed by atoms with Crippen LogP contribution in [0.3, 0.4) is 0 Å². The SMILES string of the molecule is COc1ccc(SCC(=O)Nc2cc(F)ccc2C)cc1. The van der Waals surface area contributed by atoms with Gasteiger partial charge < -0.3 is 10.1 Å². The van der Waals surface area contributed by atoms with Crippen molar-refractivity contribution >= 4 is 23.4 Å². The van der Waals surface area contributed by atoms with Gasteiger partial charge in [0, 0.05) is 10.6 Å². The first-order chi connectivity index (χ1) is 10.1. The molecule has 3 nitrogen and oxygen atoms in total. The summed E-state index contributed by atoms with van der Waals surface area (Å²) in [5, 5.41) is 2.72. The van der Waals surface area contributed by atoms with Crippen molar-refractivity contribution in [2.75, 3.05) is 18.2 Å². The predicted molar refractivity (Wildman–Crippen MR) is 83.5 cm³/mol. The number of rotatable bonds is 5. The lowest BCUT2D eigenvalue weighted by atomic mass is 10.2. The van der Waals surface area contributed by atoms with Crippen LogP contribution in [-0.4, -0.2) is 18.8 Å². The van der Waals surface area contributed by atoms with Crippen LogP contribution in [0.15, 0.2) is 47.4 Å². The van der Waals surface area contributed by atoms with E-state index in [0.717, 1.165) is 16.2 Å². The number of aryl methyl sites for hydroxylation is 1. The number of thioether (sulfide) groups is 1. The molecule has 0 saturated heterocycles. The van der Waals surface area contributed by atoms with Gasteiger partial charge in [-0.15, -0.1) is 11.8 Å². The highest BCUT2D eigenvalue weighted by atomic mass is 32.2. The van der Waals surface area contributed by atoms with Gasteiger partial charge in [0.15, 0.2) is 0 Å². The van der Waals surface area contributed by atoms with E-state index in [4.69, 9.17) is 4.74 Å². The molecule has 2 aromatic carbocycles. The number of carbonyl (C=O) groups is 1. The first kappa shape index (κ1) is 15.4. The van der Waals surface area contributed by atoms with Crippen LogP contribution >= 0.6 is 11.8 Å². The largest absolute Gasteiger partial charge is 0.497 e. The molecule has 2 rings (SSSR count). The molecule has 110 valence electrons. The first-order valence-corrected chi connectivity index (χ1v) is 7.40. The Hall–Kier alpha value is -2.01. The van der Waals surface area contributed by atoms with Crippen molar-refractivity contribution in [3.8, 4) is 5.75 Å².